The summed E-state index contributed by atoms with van der Waals surface area (Å²) in [5.41, 5.74) is -0.233. The lowest BCUT2D eigenvalue weighted by Gasteiger charge is -2.39. The second-order valence-corrected chi connectivity index (χ2v) is 9.99. The molecule has 2 aliphatic rings. The van der Waals surface area contributed by atoms with E-state index in [1.165, 1.54) is 12.0 Å². The van der Waals surface area contributed by atoms with Crippen LogP contribution in [0.5, 0.6) is 0 Å². The molecule has 4 rings (SSSR count). The number of anilines is 1. The monoisotopic (exact) mass is 562 g/mol. The number of nitriles is 1. The van der Waals surface area contributed by atoms with Crippen LogP contribution in [-0.2, 0) is 27.8 Å². The number of carbonyl (C=O) groups is 2. The van der Waals surface area contributed by atoms with Gasteiger partial charge in [-0.3, -0.25) is 14.9 Å². The molecule has 0 bridgehead atoms. The Morgan fingerprint density at radius 3 is 2.76 bits per heavy atom. The number of piperazine rings is 1. The zero-order chi connectivity index (χ0) is 27.6. The van der Waals surface area contributed by atoms with E-state index in [1.54, 1.807) is 18.2 Å². The molecule has 2 aromatic rings. The molecule has 0 spiro atoms. The topological polar surface area (TPSA) is 163 Å². The molecule has 1 amide bonds. The summed E-state index contributed by atoms with van der Waals surface area (Å²) in [6.07, 6.45) is 0.209. The van der Waals surface area contributed by atoms with Gasteiger partial charge in [0.1, 0.15) is 5.69 Å². The van der Waals surface area contributed by atoms with Crippen molar-refractivity contribution in [1.82, 2.24) is 14.9 Å². The first-order valence-electron chi connectivity index (χ1n) is 11.8. The average Bonchev–Trinajstić information content (AvgIpc) is 2.87. The Kier molecular flexibility index (Phi) is 7.89. The van der Waals surface area contributed by atoms with Crippen molar-refractivity contribution in [2.24, 2.45) is 0 Å². The molecule has 0 radical (unpaired) electrons. The average molecular weight is 563 g/mol. The molecule has 1 aliphatic heterocycles. The van der Waals surface area contributed by atoms with Gasteiger partial charge in [0.15, 0.2) is 0 Å². The zero-order valence-electron chi connectivity index (χ0n) is 20.4. The second-order valence-electron chi connectivity index (χ2n) is 9.21. The van der Waals surface area contributed by atoms with Crippen molar-refractivity contribution in [2.45, 2.75) is 43.6 Å². The number of carbonyl (C=O) groups excluding carboxylic acids is 1. The fourth-order valence-electron chi connectivity index (χ4n) is 5.47. The summed E-state index contributed by atoms with van der Waals surface area (Å²) in [7, 11) is 1.26. The van der Waals surface area contributed by atoms with Crippen LogP contribution in [-0.4, -0.2) is 69.7 Å². The highest BCUT2D eigenvalue weighted by molar-refractivity contribution is 6.30. The predicted molar refractivity (Wildman–Crippen MR) is 136 cm³/mol. The van der Waals surface area contributed by atoms with E-state index in [9.17, 15) is 30.1 Å². The van der Waals surface area contributed by atoms with Crippen molar-refractivity contribution < 1.29 is 24.4 Å². The SMILES string of the molecule is COC(=O)C1(Cc2nc(Cl)nc(N3CCN(C(=O)O)C(CC#N)C3)c2[N+](=O)[O-])CCCc2cc(Cl)ccc21. The van der Waals surface area contributed by atoms with Gasteiger partial charge in [0, 0.05) is 31.1 Å². The summed E-state index contributed by atoms with van der Waals surface area (Å²) in [6.45, 7) is 0.0955. The van der Waals surface area contributed by atoms with Gasteiger partial charge in [-0.2, -0.15) is 10.2 Å². The van der Waals surface area contributed by atoms with Crippen LogP contribution in [0.25, 0.3) is 0 Å². The molecule has 200 valence electrons. The van der Waals surface area contributed by atoms with E-state index >= 15 is 0 Å². The number of fused-ring (bicyclic) bond motifs is 1. The quantitative estimate of drug-likeness (QED) is 0.237. The number of esters is 1. The fourth-order valence-corrected chi connectivity index (χ4v) is 5.85. The zero-order valence-corrected chi connectivity index (χ0v) is 21.9. The van der Waals surface area contributed by atoms with Gasteiger partial charge in [0.2, 0.25) is 11.1 Å². The van der Waals surface area contributed by atoms with Crippen molar-refractivity contribution in [1.29, 1.82) is 5.26 Å². The molecular weight excluding hydrogens is 539 g/mol. The molecule has 38 heavy (non-hydrogen) atoms. The third-order valence-electron chi connectivity index (χ3n) is 7.13. The highest BCUT2D eigenvalue weighted by Gasteiger charge is 2.47. The Hall–Kier alpha value is -3.69. The maximum absolute atomic E-state index is 13.3. The van der Waals surface area contributed by atoms with Crippen molar-refractivity contribution in [2.75, 3.05) is 31.6 Å². The molecule has 12 nitrogen and oxygen atoms in total. The molecule has 1 aromatic carbocycles. The highest BCUT2D eigenvalue weighted by Crippen LogP contribution is 2.44. The molecule has 2 unspecified atom stereocenters. The van der Waals surface area contributed by atoms with Crippen molar-refractivity contribution >= 4 is 46.8 Å². The maximum Gasteiger partial charge on any atom is 0.407 e. The van der Waals surface area contributed by atoms with E-state index in [-0.39, 0.29) is 49.3 Å². The van der Waals surface area contributed by atoms with Crippen molar-refractivity contribution in [3.8, 4) is 6.07 Å². The lowest BCUT2D eigenvalue weighted by molar-refractivity contribution is -0.385. The number of ether oxygens (including phenoxy) is 1. The lowest BCUT2D eigenvalue weighted by Crippen LogP contribution is -2.55. The summed E-state index contributed by atoms with van der Waals surface area (Å²) in [5, 5.41) is 31.4. The van der Waals surface area contributed by atoms with Gasteiger partial charge in [0.25, 0.3) is 0 Å². The van der Waals surface area contributed by atoms with Gasteiger partial charge in [0.05, 0.1) is 36.0 Å². The van der Waals surface area contributed by atoms with E-state index in [4.69, 9.17) is 27.9 Å². The Morgan fingerprint density at radius 1 is 1.34 bits per heavy atom. The molecule has 1 aliphatic carbocycles. The van der Waals surface area contributed by atoms with E-state index in [0.29, 0.717) is 29.8 Å². The molecule has 1 aromatic heterocycles. The number of benzene rings is 1. The van der Waals surface area contributed by atoms with Crippen LogP contribution < -0.4 is 4.90 Å². The summed E-state index contributed by atoms with van der Waals surface area (Å²) in [6, 6.07) is 6.41. The summed E-state index contributed by atoms with van der Waals surface area (Å²) in [5.74, 6) is -0.652. The first-order valence-corrected chi connectivity index (χ1v) is 12.6. The first kappa shape index (κ1) is 27.3. The predicted octanol–water partition coefficient (Wildman–Crippen LogP) is 3.76. The number of carboxylic acid groups (broad SMARTS) is 1. The van der Waals surface area contributed by atoms with E-state index < -0.39 is 34.1 Å². The minimum Gasteiger partial charge on any atom is -0.468 e. The highest BCUT2D eigenvalue weighted by atomic mass is 35.5. The van der Waals surface area contributed by atoms with E-state index in [2.05, 4.69) is 9.97 Å². The molecule has 1 saturated heterocycles. The normalized spacial score (nSPS) is 20.8. The Balaban J connectivity index is 1.82. The van der Waals surface area contributed by atoms with Crippen LogP contribution in [0.4, 0.5) is 16.3 Å². The Bertz CT molecular complexity index is 1330. The summed E-state index contributed by atoms with van der Waals surface area (Å²) in [4.78, 5) is 47.7. The summed E-state index contributed by atoms with van der Waals surface area (Å²) >= 11 is 12.5. The van der Waals surface area contributed by atoms with Crippen molar-refractivity contribution in [3.05, 3.63) is 55.4 Å². The first-order chi connectivity index (χ1) is 18.1. The fraction of sp³-hybridized carbons (Fsp3) is 0.458. The number of amides is 1. The van der Waals surface area contributed by atoms with Gasteiger partial charge >= 0.3 is 17.7 Å². The number of rotatable bonds is 6. The van der Waals surface area contributed by atoms with Crippen molar-refractivity contribution in [3.63, 3.8) is 0 Å². The van der Waals surface area contributed by atoms with Gasteiger partial charge in [-0.25, -0.2) is 9.78 Å². The van der Waals surface area contributed by atoms with Crippen LogP contribution in [0, 0.1) is 21.4 Å². The molecule has 1 fully saturated rings. The van der Waals surface area contributed by atoms with Crippen LogP contribution in [0.15, 0.2) is 18.2 Å². The Labute approximate surface area is 227 Å². The second kappa shape index (κ2) is 11.0. The number of nitro groups is 1. The Morgan fingerprint density at radius 2 is 2.11 bits per heavy atom. The largest absolute Gasteiger partial charge is 0.468 e. The number of aromatic nitrogens is 2. The number of aryl methyl sites for hydroxylation is 1. The summed E-state index contributed by atoms with van der Waals surface area (Å²) < 4.78 is 5.18. The smallest absolute Gasteiger partial charge is 0.407 e. The molecule has 0 saturated carbocycles. The molecule has 2 atom stereocenters. The van der Waals surface area contributed by atoms with Gasteiger partial charge in [-0.05, 0) is 54.1 Å². The van der Waals surface area contributed by atoms with Crippen LogP contribution in [0.2, 0.25) is 10.3 Å². The number of halogens is 2. The molecular formula is C24H24Cl2N6O6. The lowest BCUT2D eigenvalue weighted by atomic mass is 9.67. The van der Waals surface area contributed by atoms with Gasteiger partial charge in [-0.15, -0.1) is 0 Å². The maximum atomic E-state index is 13.3. The molecule has 14 heteroatoms. The minimum absolute atomic E-state index is 0.00302. The minimum atomic E-state index is -1.27. The molecule has 2 heterocycles. The number of hydrogen-bond donors (Lipinski definition) is 1. The third-order valence-corrected chi connectivity index (χ3v) is 7.53. The van der Waals surface area contributed by atoms with E-state index in [1.807, 2.05) is 6.07 Å². The van der Waals surface area contributed by atoms with Crippen LogP contribution in [0.1, 0.15) is 36.1 Å². The molecule has 1 N–H and O–H groups in total. The van der Waals surface area contributed by atoms with Crippen LogP contribution >= 0.6 is 23.2 Å². The van der Waals surface area contributed by atoms with Gasteiger partial charge in [-0.1, -0.05) is 17.7 Å². The van der Waals surface area contributed by atoms with Gasteiger partial charge < -0.3 is 19.6 Å². The number of methoxy groups -OCH3 is 1. The third kappa shape index (κ3) is 5.04. The van der Waals surface area contributed by atoms with E-state index in [0.717, 1.165) is 10.5 Å². The number of nitrogens with zero attached hydrogens (tertiary/aromatic N) is 6. The van der Waals surface area contributed by atoms with Crippen LogP contribution in [0.3, 0.4) is 0 Å². The standard InChI is InChI=1S/C24H24Cl2N6O6/c1-38-21(33)24(7-2-3-14-11-15(25)4-5-17(14)24)12-18-19(32(36)37)20(29-22(26)28-18)30-9-10-31(23(34)35)16(13-30)6-8-27/h4-5,11,16H,2-3,6-7,9-10,12-13H2,1H3,(H,34,35). The number of hydrogen-bond acceptors (Lipinski definition) is 9.